The van der Waals surface area contributed by atoms with Gasteiger partial charge in [0.25, 0.3) is 5.91 Å². The zero-order valence-corrected chi connectivity index (χ0v) is 25.1. The molecule has 0 saturated heterocycles. The third-order valence-electron chi connectivity index (χ3n) is 7.32. The molecule has 11 heteroatoms. The zero-order chi connectivity index (χ0) is 32.7. The molecule has 0 bridgehead atoms. The second-order valence-electron chi connectivity index (χ2n) is 9.84. The van der Waals surface area contributed by atoms with Gasteiger partial charge in [0.2, 0.25) is 0 Å². The van der Waals surface area contributed by atoms with Crippen molar-refractivity contribution >= 4 is 17.6 Å². The highest BCUT2D eigenvalue weighted by molar-refractivity contribution is 5.95. The van der Waals surface area contributed by atoms with Crippen molar-refractivity contribution < 1.29 is 38.1 Å². The number of hydrogen-bond acceptors (Lipinski definition) is 6. The SMILES string of the molecule is C=C.C=C1N(Cc2c(F)ccc(OCC(=O)OCC)c2C)c2cc(C(=O)NCc3c(F)cc(F)cc3F)ccc2[C@H](C)N1C.[HH]. The van der Waals surface area contributed by atoms with Gasteiger partial charge in [-0.3, -0.25) is 4.79 Å². The molecule has 3 aromatic carbocycles. The van der Waals surface area contributed by atoms with Crippen molar-refractivity contribution in [1.82, 2.24) is 10.2 Å². The van der Waals surface area contributed by atoms with Crippen molar-refractivity contribution in [3.05, 3.63) is 119 Å². The molecule has 0 aliphatic carbocycles. The van der Waals surface area contributed by atoms with Crippen LogP contribution in [0.3, 0.4) is 0 Å². The number of anilines is 1. The van der Waals surface area contributed by atoms with E-state index >= 15 is 4.39 Å². The van der Waals surface area contributed by atoms with E-state index in [0.29, 0.717) is 40.5 Å². The summed E-state index contributed by atoms with van der Waals surface area (Å²) in [5.41, 5.74) is 1.92. The van der Waals surface area contributed by atoms with Crippen LogP contribution in [-0.4, -0.2) is 37.0 Å². The van der Waals surface area contributed by atoms with E-state index in [9.17, 15) is 22.8 Å². The molecule has 1 aliphatic rings. The minimum Gasteiger partial charge on any atom is -0.482 e. The van der Waals surface area contributed by atoms with Crippen LogP contribution in [0.25, 0.3) is 0 Å². The molecule has 0 saturated carbocycles. The van der Waals surface area contributed by atoms with E-state index in [1.807, 2.05) is 18.9 Å². The summed E-state index contributed by atoms with van der Waals surface area (Å²) in [7, 11) is 1.84. The number of amides is 1. The molecule has 3 aromatic rings. The van der Waals surface area contributed by atoms with Gasteiger partial charge < -0.3 is 24.6 Å². The van der Waals surface area contributed by atoms with Crippen LogP contribution >= 0.6 is 0 Å². The Morgan fingerprint density at radius 2 is 1.66 bits per heavy atom. The summed E-state index contributed by atoms with van der Waals surface area (Å²) in [5, 5.41) is 2.47. The standard InChI is InChI=1S/C31H31F4N3O4.C2H4.H2/c1-6-41-30(39)16-42-29-10-9-25(33)24(17(29)2)15-38-19(4)37(5)18(3)22-8-7-20(11-28(22)38)31(40)36-14-23-26(34)12-21(32)13-27(23)35;1-2;/h7-13,18H,4,6,14-16H2,1-3,5H3,(H,36,40);1-2H2;1H/t18-;;/m0../s1. The highest BCUT2D eigenvalue weighted by atomic mass is 19.1. The van der Waals surface area contributed by atoms with Crippen LogP contribution < -0.4 is 15.0 Å². The molecule has 44 heavy (non-hydrogen) atoms. The molecule has 0 radical (unpaired) electrons. The highest BCUT2D eigenvalue weighted by Gasteiger charge is 2.31. The topological polar surface area (TPSA) is 71.1 Å². The third kappa shape index (κ3) is 7.21. The molecule has 1 atom stereocenters. The van der Waals surface area contributed by atoms with E-state index in [0.717, 1.165) is 5.56 Å². The Bertz CT molecular complexity index is 1550. The summed E-state index contributed by atoms with van der Waals surface area (Å²) in [6.45, 7) is 14.9. The van der Waals surface area contributed by atoms with Crippen LogP contribution in [0.1, 0.15) is 53.9 Å². The fourth-order valence-electron chi connectivity index (χ4n) is 4.77. The second kappa shape index (κ2) is 14.6. The van der Waals surface area contributed by atoms with Crippen molar-refractivity contribution in [3.8, 4) is 5.75 Å². The molecular weight excluding hydrogens is 578 g/mol. The van der Waals surface area contributed by atoms with Gasteiger partial charge in [0, 0.05) is 49.5 Å². The molecule has 7 nitrogen and oxygen atoms in total. The van der Waals surface area contributed by atoms with Crippen molar-refractivity contribution in [2.24, 2.45) is 0 Å². The predicted octanol–water partition coefficient (Wildman–Crippen LogP) is 6.96. The number of benzene rings is 3. The molecule has 4 rings (SSSR count). The number of nitrogens with zero attached hydrogens (tertiary/aromatic N) is 2. The first-order valence-corrected chi connectivity index (χ1v) is 13.7. The molecule has 236 valence electrons. The second-order valence-corrected chi connectivity index (χ2v) is 9.84. The first kappa shape index (κ1) is 33.7. The molecule has 1 aliphatic heterocycles. The Morgan fingerprint density at radius 3 is 2.30 bits per heavy atom. The fourth-order valence-corrected chi connectivity index (χ4v) is 4.77. The molecule has 0 aromatic heterocycles. The molecular formula is C33H37F4N3O4. The monoisotopic (exact) mass is 615 g/mol. The number of nitrogens with one attached hydrogen (secondary N) is 1. The Balaban J connectivity index is 0.00000230. The Kier molecular flexibility index (Phi) is 11.2. The molecule has 0 spiro atoms. The number of carbonyl (C=O) groups excluding carboxylic acids is 2. The number of fused-ring (bicyclic) bond motifs is 1. The number of ether oxygens (including phenoxy) is 2. The summed E-state index contributed by atoms with van der Waals surface area (Å²) in [6.07, 6.45) is 0. The van der Waals surface area contributed by atoms with Gasteiger partial charge >= 0.3 is 5.97 Å². The smallest absolute Gasteiger partial charge is 0.344 e. The van der Waals surface area contributed by atoms with E-state index < -0.39 is 47.3 Å². The average Bonchev–Trinajstić information content (AvgIpc) is 2.99. The van der Waals surface area contributed by atoms with Crippen LogP contribution in [0.2, 0.25) is 0 Å². The van der Waals surface area contributed by atoms with Crippen LogP contribution in [0.4, 0.5) is 23.2 Å². The van der Waals surface area contributed by atoms with Crippen molar-refractivity contribution in [2.75, 3.05) is 25.2 Å². The fraction of sp³-hybridized carbons (Fsp3) is 0.273. The van der Waals surface area contributed by atoms with E-state index in [1.54, 1.807) is 36.9 Å². The van der Waals surface area contributed by atoms with Crippen LogP contribution in [-0.2, 0) is 22.6 Å². The molecule has 1 N–H and O–H groups in total. The highest BCUT2D eigenvalue weighted by Crippen LogP contribution is 2.41. The molecule has 0 unspecified atom stereocenters. The van der Waals surface area contributed by atoms with E-state index in [4.69, 9.17) is 9.47 Å². The molecule has 1 amide bonds. The maximum atomic E-state index is 15.2. The maximum Gasteiger partial charge on any atom is 0.344 e. The van der Waals surface area contributed by atoms with E-state index in [2.05, 4.69) is 25.1 Å². The Morgan fingerprint density at radius 1 is 1.00 bits per heavy atom. The van der Waals surface area contributed by atoms with Gasteiger partial charge in [0.05, 0.1) is 19.2 Å². The number of rotatable bonds is 9. The summed E-state index contributed by atoms with van der Waals surface area (Å²) in [5.74, 6) is -4.08. The van der Waals surface area contributed by atoms with Gasteiger partial charge in [-0.25, -0.2) is 22.4 Å². The maximum absolute atomic E-state index is 15.2. The molecule has 0 fully saturated rings. The lowest BCUT2D eigenvalue weighted by Crippen LogP contribution is -2.39. The van der Waals surface area contributed by atoms with Crippen LogP contribution in [0, 0.1) is 30.2 Å². The number of carbonyl (C=O) groups is 2. The van der Waals surface area contributed by atoms with E-state index in [-0.39, 0.29) is 32.8 Å². The minimum atomic E-state index is -1.11. The average molecular weight is 616 g/mol. The normalized spacial score (nSPS) is 13.9. The third-order valence-corrected chi connectivity index (χ3v) is 7.32. The lowest BCUT2D eigenvalue weighted by atomic mass is 9.97. The summed E-state index contributed by atoms with van der Waals surface area (Å²) in [4.78, 5) is 28.5. The summed E-state index contributed by atoms with van der Waals surface area (Å²) < 4.78 is 67.1. The van der Waals surface area contributed by atoms with Gasteiger partial charge in [-0.1, -0.05) is 12.6 Å². The predicted molar refractivity (Wildman–Crippen MR) is 162 cm³/mol. The zero-order valence-electron chi connectivity index (χ0n) is 25.1. The first-order valence-electron chi connectivity index (χ1n) is 13.7. The van der Waals surface area contributed by atoms with Crippen molar-refractivity contribution in [2.45, 2.75) is 39.9 Å². The largest absolute Gasteiger partial charge is 0.482 e. The van der Waals surface area contributed by atoms with Gasteiger partial charge in [0.15, 0.2) is 6.61 Å². The molecule has 1 heterocycles. The van der Waals surface area contributed by atoms with Gasteiger partial charge in [-0.15, -0.1) is 13.2 Å². The first-order chi connectivity index (χ1) is 20.9. The number of esters is 1. The summed E-state index contributed by atoms with van der Waals surface area (Å²) in [6, 6.07) is 8.59. The minimum absolute atomic E-state index is 0. The lowest BCUT2D eigenvalue weighted by molar-refractivity contribution is -0.145. The lowest BCUT2D eigenvalue weighted by Gasteiger charge is -2.43. The van der Waals surface area contributed by atoms with Crippen LogP contribution in [0.5, 0.6) is 5.75 Å². The van der Waals surface area contributed by atoms with Gasteiger partial charge in [0.1, 0.15) is 34.8 Å². The summed E-state index contributed by atoms with van der Waals surface area (Å²) >= 11 is 0. The Hall–Kier alpha value is -4.80. The van der Waals surface area contributed by atoms with Gasteiger partial charge in [-0.2, -0.15) is 0 Å². The van der Waals surface area contributed by atoms with E-state index in [1.165, 1.54) is 12.1 Å². The Labute approximate surface area is 255 Å². The van der Waals surface area contributed by atoms with Crippen molar-refractivity contribution in [1.29, 1.82) is 0 Å². The number of halogens is 4. The number of hydrogen-bond donors (Lipinski definition) is 1. The van der Waals surface area contributed by atoms with Gasteiger partial charge in [-0.05, 0) is 56.2 Å². The van der Waals surface area contributed by atoms with Crippen LogP contribution in [0.15, 0.2) is 68.0 Å². The quantitative estimate of drug-likeness (QED) is 0.160. The van der Waals surface area contributed by atoms with Crippen molar-refractivity contribution in [3.63, 3.8) is 0 Å².